The van der Waals surface area contributed by atoms with E-state index in [0.717, 1.165) is 0 Å². The van der Waals surface area contributed by atoms with Gasteiger partial charge in [-0.25, -0.2) is 4.98 Å². The van der Waals surface area contributed by atoms with Crippen LogP contribution in [0.5, 0.6) is 0 Å². The van der Waals surface area contributed by atoms with Gasteiger partial charge >= 0.3 is 0 Å². The number of aromatic nitrogens is 2. The molecular formula is C10H10ClN3O. The summed E-state index contributed by atoms with van der Waals surface area (Å²) < 4.78 is 1.51. The van der Waals surface area contributed by atoms with Crippen LogP contribution < -0.4 is 10.9 Å². The van der Waals surface area contributed by atoms with Crippen LogP contribution in [0.2, 0.25) is 5.02 Å². The van der Waals surface area contributed by atoms with Gasteiger partial charge in [0, 0.05) is 5.02 Å². The molecule has 15 heavy (non-hydrogen) atoms. The minimum absolute atomic E-state index is 0.0639. The normalized spacial score (nSPS) is 10.8. The summed E-state index contributed by atoms with van der Waals surface area (Å²) in [6, 6.07) is 5.07. The maximum absolute atomic E-state index is 11.9. The maximum atomic E-state index is 11.9. The summed E-state index contributed by atoms with van der Waals surface area (Å²) in [7, 11) is 1.78. The maximum Gasteiger partial charge on any atom is 0.262 e. The van der Waals surface area contributed by atoms with E-state index in [1.54, 1.807) is 25.2 Å². The topological polar surface area (TPSA) is 46.9 Å². The van der Waals surface area contributed by atoms with Crippen molar-refractivity contribution >= 4 is 22.5 Å². The molecule has 0 saturated carbocycles. The fraction of sp³-hybridized carbons (Fsp3) is 0.200. The Bertz CT molecular complexity index is 550. The molecule has 4 nitrogen and oxygen atoms in total. The first-order valence-electron chi connectivity index (χ1n) is 4.51. The molecule has 1 heterocycles. The summed E-state index contributed by atoms with van der Waals surface area (Å²) in [4.78, 5) is 16.0. The number of nitrogens with one attached hydrogen (secondary N) is 1. The molecule has 5 heteroatoms. The Hall–Kier alpha value is -1.39. The quantitative estimate of drug-likeness (QED) is 0.833. The fourth-order valence-corrected chi connectivity index (χ4v) is 1.58. The number of nitrogens with zero attached hydrogens (tertiary/aromatic N) is 2. The average molecular weight is 224 g/mol. The summed E-state index contributed by atoms with van der Waals surface area (Å²) in [6.07, 6.45) is 1.51. The Morgan fingerprint density at radius 1 is 1.53 bits per heavy atom. The van der Waals surface area contributed by atoms with Crippen molar-refractivity contribution in [3.8, 4) is 0 Å². The number of hydrogen-bond donors (Lipinski definition) is 1. The molecule has 0 atom stereocenters. The molecule has 1 aromatic carbocycles. The van der Waals surface area contributed by atoms with E-state index in [4.69, 9.17) is 11.6 Å². The number of halogens is 1. The smallest absolute Gasteiger partial charge is 0.262 e. The van der Waals surface area contributed by atoms with Crippen LogP contribution in [0.1, 0.15) is 0 Å². The van der Waals surface area contributed by atoms with Crippen molar-refractivity contribution < 1.29 is 0 Å². The fourth-order valence-electron chi connectivity index (χ4n) is 1.41. The SMILES string of the molecule is CNCn1cnc2cc(Cl)ccc2c1=O. The molecule has 0 amide bonds. The lowest BCUT2D eigenvalue weighted by Gasteiger charge is -2.05. The highest BCUT2D eigenvalue weighted by molar-refractivity contribution is 6.31. The molecule has 0 spiro atoms. The van der Waals surface area contributed by atoms with Gasteiger partial charge in [-0.05, 0) is 25.2 Å². The molecule has 0 radical (unpaired) electrons. The van der Waals surface area contributed by atoms with E-state index in [2.05, 4.69) is 10.3 Å². The van der Waals surface area contributed by atoms with Crippen LogP contribution in [0.25, 0.3) is 10.9 Å². The van der Waals surface area contributed by atoms with E-state index in [9.17, 15) is 4.79 Å². The standard InChI is InChI=1S/C10H10ClN3O/c1-12-5-14-6-13-9-4-7(11)2-3-8(9)10(14)15/h2-4,6,12H,5H2,1H3. The highest BCUT2D eigenvalue weighted by atomic mass is 35.5. The largest absolute Gasteiger partial charge is 0.303 e. The van der Waals surface area contributed by atoms with E-state index >= 15 is 0 Å². The monoisotopic (exact) mass is 223 g/mol. The van der Waals surface area contributed by atoms with Gasteiger partial charge < -0.3 is 5.32 Å². The zero-order valence-corrected chi connectivity index (χ0v) is 8.95. The Morgan fingerprint density at radius 2 is 2.33 bits per heavy atom. The van der Waals surface area contributed by atoms with Gasteiger partial charge in [0.1, 0.15) is 0 Å². The highest BCUT2D eigenvalue weighted by Crippen LogP contribution is 2.13. The molecule has 2 aromatic rings. The van der Waals surface area contributed by atoms with Crippen LogP contribution >= 0.6 is 11.6 Å². The van der Waals surface area contributed by atoms with Crippen LogP contribution in [0.15, 0.2) is 29.3 Å². The highest BCUT2D eigenvalue weighted by Gasteiger charge is 2.03. The molecule has 1 N–H and O–H groups in total. The molecule has 0 aliphatic rings. The van der Waals surface area contributed by atoms with Gasteiger partial charge in [-0.2, -0.15) is 0 Å². The van der Waals surface area contributed by atoms with Gasteiger partial charge in [-0.15, -0.1) is 0 Å². The van der Waals surface area contributed by atoms with Gasteiger partial charge in [0.2, 0.25) is 0 Å². The third-order valence-electron chi connectivity index (χ3n) is 2.12. The third-order valence-corrected chi connectivity index (χ3v) is 2.35. The van der Waals surface area contributed by atoms with Crippen LogP contribution in [0, 0.1) is 0 Å². The van der Waals surface area contributed by atoms with Crippen LogP contribution in [0.4, 0.5) is 0 Å². The number of benzene rings is 1. The summed E-state index contributed by atoms with van der Waals surface area (Å²) >= 11 is 5.81. The minimum Gasteiger partial charge on any atom is -0.303 e. The first kappa shape index (κ1) is 10.1. The van der Waals surface area contributed by atoms with Gasteiger partial charge in [0.15, 0.2) is 0 Å². The van der Waals surface area contributed by atoms with Crippen molar-refractivity contribution in [2.45, 2.75) is 6.67 Å². The molecule has 0 aliphatic heterocycles. The molecule has 78 valence electrons. The lowest BCUT2D eigenvalue weighted by atomic mass is 10.2. The van der Waals surface area contributed by atoms with E-state index in [1.165, 1.54) is 10.9 Å². The van der Waals surface area contributed by atoms with Crippen LogP contribution in [-0.4, -0.2) is 16.6 Å². The Kier molecular flexibility index (Phi) is 2.70. The third kappa shape index (κ3) is 1.86. The van der Waals surface area contributed by atoms with Crippen molar-refractivity contribution in [2.75, 3.05) is 7.05 Å². The van der Waals surface area contributed by atoms with Gasteiger partial charge in [-0.1, -0.05) is 11.6 Å². The van der Waals surface area contributed by atoms with Crippen molar-refractivity contribution in [1.82, 2.24) is 14.9 Å². The van der Waals surface area contributed by atoms with Gasteiger partial charge in [-0.3, -0.25) is 9.36 Å². The Balaban J connectivity index is 2.69. The lowest BCUT2D eigenvalue weighted by molar-refractivity contribution is 0.593. The predicted molar refractivity (Wildman–Crippen MR) is 60.1 cm³/mol. The van der Waals surface area contributed by atoms with Crippen molar-refractivity contribution in [2.24, 2.45) is 0 Å². The van der Waals surface area contributed by atoms with E-state index in [0.29, 0.717) is 22.6 Å². The van der Waals surface area contributed by atoms with Crippen molar-refractivity contribution in [3.63, 3.8) is 0 Å². The molecular weight excluding hydrogens is 214 g/mol. The lowest BCUT2D eigenvalue weighted by Crippen LogP contribution is -2.26. The summed E-state index contributed by atoms with van der Waals surface area (Å²) in [6.45, 7) is 0.449. The second-order valence-electron chi connectivity index (χ2n) is 3.19. The number of hydrogen-bond acceptors (Lipinski definition) is 3. The molecule has 2 rings (SSSR count). The second kappa shape index (κ2) is 4.00. The zero-order chi connectivity index (χ0) is 10.8. The van der Waals surface area contributed by atoms with Crippen LogP contribution in [-0.2, 0) is 6.67 Å². The van der Waals surface area contributed by atoms with Crippen molar-refractivity contribution in [3.05, 3.63) is 39.9 Å². The number of fused-ring (bicyclic) bond motifs is 1. The molecule has 0 bridgehead atoms. The summed E-state index contributed by atoms with van der Waals surface area (Å²) in [5, 5.41) is 4.06. The summed E-state index contributed by atoms with van der Waals surface area (Å²) in [5.74, 6) is 0. The predicted octanol–water partition coefficient (Wildman–Crippen LogP) is 1.23. The minimum atomic E-state index is -0.0639. The zero-order valence-electron chi connectivity index (χ0n) is 8.20. The first-order valence-corrected chi connectivity index (χ1v) is 4.89. The molecule has 1 aromatic heterocycles. The Morgan fingerprint density at radius 3 is 3.07 bits per heavy atom. The summed E-state index contributed by atoms with van der Waals surface area (Å²) in [5.41, 5.74) is 0.561. The second-order valence-corrected chi connectivity index (χ2v) is 3.63. The van der Waals surface area contributed by atoms with E-state index < -0.39 is 0 Å². The molecule has 0 saturated heterocycles. The molecule has 0 fully saturated rings. The van der Waals surface area contributed by atoms with E-state index in [1.807, 2.05) is 0 Å². The Labute approximate surface area is 91.5 Å². The van der Waals surface area contributed by atoms with Crippen molar-refractivity contribution in [1.29, 1.82) is 0 Å². The average Bonchev–Trinajstić information content (AvgIpc) is 2.22. The molecule has 0 aliphatic carbocycles. The van der Waals surface area contributed by atoms with E-state index in [-0.39, 0.29) is 5.56 Å². The number of rotatable bonds is 2. The van der Waals surface area contributed by atoms with Crippen LogP contribution in [0.3, 0.4) is 0 Å². The first-order chi connectivity index (χ1) is 7.22. The van der Waals surface area contributed by atoms with Gasteiger partial charge in [0.25, 0.3) is 5.56 Å². The molecule has 0 unspecified atom stereocenters. The van der Waals surface area contributed by atoms with Gasteiger partial charge in [0.05, 0.1) is 23.9 Å².